The minimum absolute atomic E-state index is 0.142. The topological polar surface area (TPSA) is 35.5 Å². The molecule has 12 heavy (non-hydrogen) atoms. The van der Waals surface area contributed by atoms with Crippen molar-refractivity contribution < 1.29 is 14.3 Å². The van der Waals surface area contributed by atoms with E-state index in [2.05, 4.69) is 6.92 Å². The quantitative estimate of drug-likeness (QED) is 0.596. The normalized spacial score (nSPS) is 15.3. The Kier molecular flexibility index (Phi) is 5.72. The van der Waals surface area contributed by atoms with Crippen molar-refractivity contribution in [1.82, 2.24) is 0 Å². The van der Waals surface area contributed by atoms with Crippen LogP contribution in [-0.4, -0.2) is 24.8 Å². The number of carbonyl (C=O) groups excluding carboxylic acids is 1. The lowest BCUT2D eigenvalue weighted by atomic mass is 10.3. The fraction of sp³-hybridized carbons (Fsp3) is 0.889. The van der Waals surface area contributed by atoms with E-state index < -0.39 is 0 Å². The molecule has 2 atom stereocenters. The molecule has 0 rings (SSSR count). The maximum Gasteiger partial charge on any atom is 0.302 e. The van der Waals surface area contributed by atoms with E-state index in [0.717, 1.165) is 6.42 Å². The predicted molar refractivity (Wildman–Crippen MR) is 46.9 cm³/mol. The molecular formula is C9H18O3. The third-order valence-electron chi connectivity index (χ3n) is 1.56. The minimum Gasteiger partial charge on any atom is -0.460 e. The SMILES string of the molecule is CCC(C)OCC(C)OC(C)=O. The molecule has 3 heteroatoms. The Morgan fingerprint density at radius 3 is 2.33 bits per heavy atom. The summed E-state index contributed by atoms with van der Waals surface area (Å²) in [4.78, 5) is 10.5. The van der Waals surface area contributed by atoms with Crippen molar-refractivity contribution in [3.05, 3.63) is 0 Å². The van der Waals surface area contributed by atoms with Gasteiger partial charge in [-0.2, -0.15) is 0 Å². The number of rotatable bonds is 5. The van der Waals surface area contributed by atoms with Gasteiger partial charge in [-0.15, -0.1) is 0 Å². The van der Waals surface area contributed by atoms with Gasteiger partial charge >= 0.3 is 5.97 Å². The smallest absolute Gasteiger partial charge is 0.302 e. The van der Waals surface area contributed by atoms with E-state index in [4.69, 9.17) is 9.47 Å². The molecule has 0 saturated heterocycles. The first-order valence-electron chi connectivity index (χ1n) is 4.35. The molecule has 0 fully saturated rings. The fourth-order valence-corrected chi connectivity index (χ4v) is 0.735. The average Bonchev–Trinajstić information content (AvgIpc) is 1.99. The lowest BCUT2D eigenvalue weighted by Crippen LogP contribution is -2.21. The molecule has 0 aromatic carbocycles. The molecule has 0 radical (unpaired) electrons. The Bertz CT molecular complexity index is 134. The van der Waals surface area contributed by atoms with Crippen LogP contribution in [0.25, 0.3) is 0 Å². The van der Waals surface area contributed by atoms with E-state index in [1.54, 1.807) is 0 Å². The zero-order valence-corrected chi connectivity index (χ0v) is 8.29. The first-order valence-corrected chi connectivity index (χ1v) is 4.35. The summed E-state index contributed by atoms with van der Waals surface area (Å²) in [7, 11) is 0. The zero-order valence-electron chi connectivity index (χ0n) is 8.29. The van der Waals surface area contributed by atoms with Gasteiger partial charge in [0.15, 0.2) is 0 Å². The van der Waals surface area contributed by atoms with E-state index in [0.29, 0.717) is 6.61 Å². The lowest BCUT2D eigenvalue weighted by molar-refractivity contribution is -0.149. The molecule has 72 valence electrons. The van der Waals surface area contributed by atoms with Gasteiger partial charge in [-0.05, 0) is 20.3 Å². The molecule has 3 nitrogen and oxygen atoms in total. The Hall–Kier alpha value is -0.570. The highest BCUT2D eigenvalue weighted by Crippen LogP contribution is 1.99. The van der Waals surface area contributed by atoms with Gasteiger partial charge in [0.1, 0.15) is 6.10 Å². The first-order chi connectivity index (χ1) is 5.56. The van der Waals surface area contributed by atoms with Crippen molar-refractivity contribution >= 4 is 5.97 Å². The van der Waals surface area contributed by atoms with Crippen molar-refractivity contribution in [1.29, 1.82) is 0 Å². The maximum absolute atomic E-state index is 10.5. The second-order valence-corrected chi connectivity index (χ2v) is 2.97. The van der Waals surface area contributed by atoms with Gasteiger partial charge in [-0.1, -0.05) is 6.92 Å². The third-order valence-corrected chi connectivity index (χ3v) is 1.56. The van der Waals surface area contributed by atoms with Crippen LogP contribution in [-0.2, 0) is 14.3 Å². The largest absolute Gasteiger partial charge is 0.460 e. The maximum atomic E-state index is 10.5. The van der Waals surface area contributed by atoms with Crippen LogP contribution in [0.1, 0.15) is 34.1 Å². The molecule has 0 aliphatic carbocycles. The second-order valence-electron chi connectivity index (χ2n) is 2.97. The molecule has 0 aromatic rings. The molecule has 0 saturated carbocycles. The Morgan fingerprint density at radius 2 is 1.92 bits per heavy atom. The average molecular weight is 174 g/mol. The second kappa shape index (κ2) is 6.00. The van der Waals surface area contributed by atoms with Gasteiger partial charge in [0.2, 0.25) is 0 Å². The van der Waals surface area contributed by atoms with Crippen molar-refractivity contribution in [2.45, 2.75) is 46.3 Å². The monoisotopic (exact) mass is 174 g/mol. The first kappa shape index (κ1) is 11.4. The van der Waals surface area contributed by atoms with Gasteiger partial charge in [0, 0.05) is 6.92 Å². The predicted octanol–water partition coefficient (Wildman–Crippen LogP) is 1.75. The third kappa shape index (κ3) is 6.16. The summed E-state index contributed by atoms with van der Waals surface area (Å²) in [5.74, 6) is -0.254. The van der Waals surface area contributed by atoms with Crippen molar-refractivity contribution in [3.8, 4) is 0 Å². The number of hydrogen-bond donors (Lipinski definition) is 0. The van der Waals surface area contributed by atoms with E-state index in [9.17, 15) is 4.79 Å². The molecular weight excluding hydrogens is 156 g/mol. The summed E-state index contributed by atoms with van der Waals surface area (Å²) < 4.78 is 10.3. The molecule has 0 aliphatic rings. The van der Waals surface area contributed by atoms with Crippen LogP contribution in [0.5, 0.6) is 0 Å². The summed E-state index contributed by atoms with van der Waals surface area (Å²) in [6, 6.07) is 0. The van der Waals surface area contributed by atoms with Crippen LogP contribution in [0.3, 0.4) is 0 Å². The van der Waals surface area contributed by atoms with Crippen LogP contribution in [0, 0.1) is 0 Å². The highest BCUT2D eigenvalue weighted by Gasteiger charge is 2.07. The minimum atomic E-state index is -0.254. The van der Waals surface area contributed by atoms with Crippen molar-refractivity contribution in [3.63, 3.8) is 0 Å². The molecule has 0 aromatic heterocycles. The Balaban J connectivity index is 3.43. The van der Waals surface area contributed by atoms with Crippen molar-refractivity contribution in [2.24, 2.45) is 0 Å². The van der Waals surface area contributed by atoms with Crippen LogP contribution >= 0.6 is 0 Å². The molecule has 0 amide bonds. The highest BCUT2D eigenvalue weighted by molar-refractivity contribution is 5.66. The van der Waals surface area contributed by atoms with Gasteiger partial charge in [0.25, 0.3) is 0 Å². The standard InChI is InChI=1S/C9H18O3/c1-5-7(2)11-6-8(3)12-9(4)10/h7-8H,5-6H2,1-4H3. The number of ether oxygens (including phenoxy) is 2. The summed E-state index contributed by atoms with van der Waals surface area (Å²) >= 11 is 0. The van der Waals surface area contributed by atoms with Crippen molar-refractivity contribution in [2.75, 3.05) is 6.61 Å². The highest BCUT2D eigenvalue weighted by atomic mass is 16.6. The molecule has 0 heterocycles. The van der Waals surface area contributed by atoms with Gasteiger partial charge in [-0.3, -0.25) is 4.79 Å². The molecule has 0 aliphatic heterocycles. The van der Waals surface area contributed by atoms with Gasteiger partial charge < -0.3 is 9.47 Å². The van der Waals surface area contributed by atoms with E-state index in [-0.39, 0.29) is 18.2 Å². The van der Waals surface area contributed by atoms with E-state index >= 15 is 0 Å². The lowest BCUT2D eigenvalue weighted by Gasteiger charge is -2.15. The van der Waals surface area contributed by atoms with E-state index in [1.807, 2.05) is 13.8 Å². The van der Waals surface area contributed by atoms with Gasteiger partial charge in [-0.25, -0.2) is 0 Å². The fourth-order valence-electron chi connectivity index (χ4n) is 0.735. The Labute approximate surface area is 74.0 Å². The summed E-state index contributed by atoms with van der Waals surface area (Å²) in [5.41, 5.74) is 0. The molecule has 0 N–H and O–H groups in total. The molecule has 0 spiro atoms. The number of esters is 1. The van der Waals surface area contributed by atoms with Crippen LogP contribution in [0.15, 0.2) is 0 Å². The van der Waals surface area contributed by atoms with E-state index in [1.165, 1.54) is 6.92 Å². The molecule has 0 bridgehead atoms. The van der Waals surface area contributed by atoms with Crippen LogP contribution in [0.4, 0.5) is 0 Å². The Morgan fingerprint density at radius 1 is 1.33 bits per heavy atom. The number of hydrogen-bond acceptors (Lipinski definition) is 3. The summed E-state index contributed by atoms with van der Waals surface area (Å²) in [6.45, 7) is 7.76. The molecule has 2 unspecified atom stereocenters. The van der Waals surface area contributed by atoms with Gasteiger partial charge in [0.05, 0.1) is 12.7 Å². The van der Waals surface area contributed by atoms with Crippen LogP contribution in [0.2, 0.25) is 0 Å². The van der Waals surface area contributed by atoms with Crippen LogP contribution < -0.4 is 0 Å². The summed E-state index contributed by atoms with van der Waals surface area (Å²) in [5, 5.41) is 0. The zero-order chi connectivity index (χ0) is 9.56. The number of carbonyl (C=O) groups is 1. The summed E-state index contributed by atoms with van der Waals surface area (Å²) in [6.07, 6.45) is 1.08.